The smallest absolute Gasteiger partial charge is 0.339 e. The molecule has 5 atom stereocenters. The number of methoxy groups -OCH3 is 1. The lowest BCUT2D eigenvalue weighted by Crippen LogP contribution is -2.63. The lowest BCUT2D eigenvalue weighted by Gasteiger charge is -2.43. The van der Waals surface area contributed by atoms with Gasteiger partial charge in [0.15, 0.2) is 24.4 Å². The summed E-state index contributed by atoms with van der Waals surface area (Å²) in [7, 11) is 1.16. The molecule has 0 radical (unpaired) electrons. The lowest BCUT2D eigenvalue weighted by atomic mass is 9.90. The normalized spacial score (nSPS) is 25.3. The molecular weight excluding hydrogens is 476 g/mol. The standard InChI is InChI=1S/C21H25BrO9/c1-11(23)28-17-16(9-14-5-7-15(10-22)8-6-14)31-20(21(26)27-4)19(30-13(3)25)18(17)29-12(2)24/h5-8,16-20H,9-10H2,1-4H3/t16-,17?,18+,19+,20?/m0/s1. The zero-order chi connectivity index (χ0) is 23.1. The zero-order valence-electron chi connectivity index (χ0n) is 17.7. The van der Waals surface area contributed by atoms with Crippen LogP contribution in [0.4, 0.5) is 0 Å². The van der Waals surface area contributed by atoms with Gasteiger partial charge in [-0.2, -0.15) is 0 Å². The van der Waals surface area contributed by atoms with Crippen LogP contribution in [0.5, 0.6) is 0 Å². The minimum Gasteiger partial charge on any atom is -0.467 e. The Balaban J connectivity index is 2.46. The molecule has 1 saturated heterocycles. The Hall–Kier alpha value is -2.46. The van der Waals surface area contributed by atoms with Gasteiger partial charge in [-0.15, -0.1) is 0 Å². The van der Waals surface area contributed by atoms with E-state index >= 15 is 0 Å². The molecule has 2 unspecified atom stereocenters. The van der Waals surface area contributed by atoms with Crippen LogP contribution in [0.25, 0.3) is 0 Å². The van der Waals surface area contributed by atoms with E-state index in [1.807, 2.05) is 24.3 Å². The van der Waals surface area contributed by atoms with Gasteiger partial charge in [-0.25, -0.2) is 4.79 Å². The van der Waals surface area contributed by atoms with E-state index in [4.69, 9.17) is 23.7 Å². The number of carbonyl (C=O) groups excluding carboxylic acids is 4. The van der Waals surface area contributed by atoms with Crippen molar-refractivity contribution in [2.45, 2.75) is 63.0 Å². The van der Waals surface area contributed by atoms with E-state index in [1.54, 1.807) is 0 Å². The second-order valence-electron chi connectivity index (χ2n) is 6.99. The molecule has 0 aromatic heterocycles. The Morgan fingerprint density at radius 2 is 1.32 bits per heavy atom. The molecule has 9 nitrogen and oxygen atoms in total. The molecule has 1 heterocycles. The van der Waals surface area contributed by atoms with Gasteiger partial charge in [-0.05, 0) is 11.1 Å². The van der Waals surface area contributed by atoms with Crippen LogP contribution in [-0.2, 0) is 54.6 Å². The van der Waals surface area contributed by atoms with Crippen molar-refractivity contribution >= 4 is 39.8 Å². The maximum atomic E-state index is 12.4. The highest BCUT2D eigenvalue weighted by atomic mass is 79.9. The van der Waals surface area contributed by atoms with E-state index in [0.29, 0.717) is 5.33 Å². The summed E-state index contributed by atoms with van der Waals surface area (Å²) in [6, 6.07) is 7.57. The Labute approximate surface area is 188 Å². The van der Waals surface area contributed by atoms with E-state index < -0.39 is 54.4 Å². The predicted octanol–water partition coefficient (Wildman–Crippen LogP) is 1.86. The second kappa shape index (κ2) is 11.2. The number of rotatable bonds is 7. The number of halogens is 1. The minimum absolute atomic E-state index is 0.235. The van der Waals surface area contributed by atoms with Crippen molar-refractivity contribution in [2.75, 3.05) is 7.11 Å². The SMILES string of the molecule is COC(=O)C1O[C@@H](Cc2ccc(CBr)cc2)C(OC(C)=O)[C@@H](OC(C)=O)[C@H]1OC(C)=O. The summed E-state index contributed by atoms with van der Waals surface area (Å²) in [5.74, 6) is -2.90. The molecule has 0 bridgehead atoms. The first-order chi connectivity index (χ1) is 14.7. The molecule has 1 aromatic carbocycles. The highest BCUT2D eigenvalue weighted by Gasteiger charge is 2.54. The highest BCUT2D eigenvalue weighted by molar-refractivity contribution is 9.08. The Morgan fingerprint density at radius 3 is 1.81 bits per heavy atom. The molecule has 0 amide bonds. The van der Waals surface area contributed by atoms with Crippen molar-refractivity contribution in [1.29, 1.82) is 0 Å². The lowest BCUT2D eigenvalue weighted by molar-refractivity contribution is -0.248. The van der Waals surface area contributed by atoms with Gasteiger partial charge in [0.1, 0.15) is 6.10 Å². The van der Waals surface area contributed by atoms with Gasteiger partial charge in [0.25, 0.3) is 0 Å². The number of benzene rings is 1. The minimum atomic E-state index is -1.38. The first kappa shape index (κ1) is 24.8. The quantitative estimate of drug-likeness (QED) is 0.314. The van der Waals surface area contributed by atoms with Crippen LogP contribution < -0.4 is 0 Å². The van der Waals surface area contributed by atoms with Crippen LogP contribution in [-0.4, -0.2) is 61.5 Å². The monoisotopic (exact) mass is 500 g/mol. The summed E-state index contributed by atoms with van der Waals surface area (Å²) < 4.78 is 26.7. The third kappa shape index (κ3) is 6.76. The van der Waals surface area contributed by atoms with Crippen molar-refractivity contribution < 1.29 is 42.9 Å². The fraction of sp³-hybridized carbons (Fsp3) is 0.524. The topological polar surface area (TPSA) is 114 Å². The highest BCUT2D eigenvalue weighted by Crippen LogP contribution is 2.31. The maximum Gasteiger partial charge on any atom is 0.339 e. The van der Waals surface area contributed by atoms with Crippen LogP contribution in [0, 0.1) is 0 Å². The third-order valence-electron chi connectivity index (χ3n) is 4.59. The van der Waals surface area contributed by atoms with E-state index in [2.05, 4.69) is 15.9 Å². The van der Waals surface area contributed by atoms with Crippen LogP contribution in [0.3, 0.4) is 0 Å². The Kier molecular flexibility index (Phi) is 9.00. The van der Waals surface area contributed by atoms with Crippen molar-refractivity contribution in [1.82, 2.24) is 0 Å². The summed E-state index contributed by atoms with van der Waals surface area (Å²) in [5, 5.41) is 0.687. The molecule has 0 N–H and O–H groups in total. The van der Waals surface area contributed by atoms with Gasteiger partial charge in [-0.3, -0.25) is 14.4 Å². The summed E-state index contributed by atoms with van der Waals surface area (Å²) in [5.41, 5.74) is 1.90. The van der Waals surface area contributed by atoms with Crippen LogP contribution in [0.2, 0.25) is 0 Å². The van der Waals surface area contributed by atoms with E-state index in [9.17, 15) is 19.2 Å². The summed E-state index contributed by atoms with van der Waals surface area (Å²) in [6.45, 7) is 3.49. The van der Waals surface area contributed by atoms with Gasteiger partial charge in [0.2, 0.25) is 0 Å². The molecular formula is C21H25BrO9. The summed E-state index contributed by atoms with van der Waals surface area (Å²) in [6.07, 6.45) is -5.77. The molecule has 10 heteroatoms. The van der Waals surface area contributed by atoms with Crippen LogP contribution >= 0.6 is 15.9 Å². The molecule has 31 heavy (non-hydrogen) atoms. The molecule has 1 aromatic rings. The average molecular weight is 501 g/mol. The fourth-order valence-electron chi connectivity index (χ4n) is 3.36. The zero-order valence-corrected chi connectivity index (χ0v) is 19.2. The van der Waals surface area contributed by atoms with Crippen LogP contribution in [0.1, 0.15) is 31.9 Å². The van der Waals surface area contributed by atoms with Crippen LogP contribution in [0.15, 0.2) is 24.3 Å². The molecule has 1 fully saturated rings. The second-order valence-corrected chi connectivity index (χ2v) is 7.56. The number of ether oxygens (including phenoxy) is 5. The Morgan fingerprint density at radius 1 is 0.839 bits per heavy atom. The largest absolute Gasteiger partial charge is 0.467 e. The molecule has 2 rings (SSSR count). The van der Waals surface area contributed by atoms with E-state index in [1.165, 1.54) is 6.92 Å². The van der Waals surface area contributed by atoms with Crippen molar-refractivity contribution in [2.24, 2.45) is 0 Å². The summed E-state index contributed by atoms with van der Waals surface area (Å²) >= 11 is 3.38. The van der Waals surface area contributed by atoms with Gasteiger partial charge in [0, 0.05) is 32.5 Å². The molecule has 0 spiro atoms. The Bertz CT molecular complexity index is 808. The molecule has 1 aliphatic rings. The van der Waals surface area contributed by atoms with E-state index in [-0.39, 0.29) is 6.42 Å². The molecule has 1 aliphatic heterocycles. The first-order valence-corrected chi connectivity index (χ1v) is 10.7. The molecule has 0 saturated carbocycles. The molecule has 0 aliphatic carbocycles. The van der Waals surface area contributed by atoms with Gasteiger partial charge in [0.05, 0.1) is 7.11 Å². The maximum absolute atomic E-state index is 12.4. The summed E-state index contributed by atoms with van der Waals surface area (Å²) in [4.78, 5) is 47.7. The van der Waals surface area contributed by atoms with E-state index in [0.717, 1.165) is 32.1 Å². The van der Waals surface area contributed by atoms with Gasteiger partial charge >= 0.3 is 23.9 Å². The fourth-order valence-corrected chi connectivity index (χ4v) is 3.74. The average Bonchev–Trinajstić information content (AvgIpc) is 2.71. The van der Waals surface area contributed by atoms with Gasteiger partial charge < -0.3 is 23.7 Å². The third-order valence-corrected chi connectivity index (χ3v) is 5.24. The van der Waals surface area contributed by atoms with Gasteiger partial charge in [-0.1, -0.05) is 40.2 Å². The van der Waals surface area contributed by atoms with Crippen molar-refractivity contribution in [3.8, 4) is 0 Å². The number of hydrogen-bond donors (Lipinski definition) is 0. The molecule has 170 valence electrons. The predicted molar refractivity (Wildman–Crippen MR) is 110 cm³/mol. The first-order valence-electron chi connectivity index (χ1n) is 9.55. The van der Waals surface area contributed by atoms with Crippen molar-refractivity contribution in [3.63, 3.8) is 0 Å². The number of alkyl halides is 1. The van der Waals surface area contributed by atoms with Crippen molar-refractivity contribution in [3.05, 3.63) is 35.4 Å². The number of carbonyl (C=O) groups is 4. The number of esters is 4. The number of hydrogen-bond acceptors (Lipinski definition) is 9.